The largest absolute Gasteiger partial charge is 0.458 e. The number of amides is 2. The Morgan fingerprint density at radius 1 is 1.14 bits per heavy atom. The van der Waals surface area contributed by atoms with Crippen molar-refractivity contribution in [1.82, 2.24) is 14.9 Å². The summed E-state index contributed by atoms with van der Waals surface area (Å²) in [6.07, 6.45) is 1.12. The maximum atomic E-state index is 14.5. The third kappa shape index (κ3) is 6.64. The van der Waals surface area contributed by atoms with Gasteiger partial charge in [0.25, 0.3) is 5.56 Å². The molecule has 1 atom stereocenters. The SMILES string of the molecule is CC.CC.Cc1c(F)cc2nc3c(c4c2c1CCC4)Cn1c-3cc2c(c1=O)COC(=O)C2O.NCC(=O)NCOCC(N)=O. The number of esters is 1. The maximum absolute atomic E-state index is 14.5. The summed E-state index contributed by atoms with van der Waals surface area (Å²) in [5.74, 6) is -1.95. The van der Waals surface area contributed by atoms with Crippen molar-refractivity contribution in [2.45, 2.75) is 73.1 Å². The Morgan fingerprint density at radius 2 is 1.82 bits per heavy atom. The second-order valence-corrected chi connectivity index (χ2v) is 9.76. The Bertz CT molecular complexity index is 1640. The van der Waals surface area contributed by atoms with Crippen LogP contribution >= 0.6 is 0 Å². The van der Waals surface area contributed by atoms with E-state index in [1.54, 1.807) is 17.6 Å². The molecule has 2 aliphatic heterocycles. The molecule has 3 aromatic rings. The van der Waals surface area contributed by atoms with Crippen LogP contribution in [0.4, 0.5) is 4.39 Å². The fourth-order valence-electron chi connectivity index (χ4n) is 5.42. The molecule has 6 N–H and O–H groups in total. The lowest BCUT2D eigenvalue weighted by Gasteiger charge is -2.22. The highest BCUT2D eigenvalue weighted by atomic mass is 19.1. The highest BCUT2D eigenvalue weighted by molar-refractivity contribution is 5.92. The van der Waals surface area contributed by atoms with E-state index in [-0.39, 0.29) is 49.3 Å². The number of cyclic esters (lactones) is 1. The van der Waals surface area contributed by atoms with Gasteiger partial charge in [0.05, 0.1) is 35.6 Å². The Balaban J connectivity index is 0.000000301. The van der Waals surface area contributed by atoms with Gasteiger partial charge in [-0.15, -0.1) is 0 Å². The monoisotopic (exact) mass is 613 g/mol. The van der Waals surface area contributed by atoms with Crippen molar-refractivity contribution < 1.29 is 33.4 Å². The number of nitrogens with two attached hydrogens (primary N) is 2. The first-order valence-electron chi connectivity index (χ1n) is 14.7. The molecule has 6 rings (SSSR count). The molecular weight excluding hydrogens is 573 g/mol. The molecule has 4 heterocycles. The molecule has 0 fully saturated rings. The number of primary amides is 1. The molecule has 2 amide bonds. The van der Waals surface area contributed by atoms with Crippen molar-refractivity contribution in [1.29, 1.82) is 0 Å². The summed E-state index contributed by atoms with van der Waals surface area (Å²) >= 11 is 0. The Labute approximate surface area is 254 Å². The van der Waals surface area contributed by atoms with Gasteiger partial charge in [0.2, 0.25) is 11.8 Å². The van der Waals surface area contributed by atoms with E-state index in [4.69, 9.17) is 21.2 Å². The van der Waals surface area contributed by atoms with Gasteiger partial charge in [-0.05, 0) is 48.9 Å². The molecule has 13 heteroatoms. The first-order chi connectivity index (χ1) is 21.1. The molecule has 0 saturated heterocycles. The molecule has 0 spiro atoms. The number of aliphatic hydroxyl groups is 1. The Hall–Kier alpha value is -4.20. The fraction of sp³-hybridized carbons (Fsp3) is 0.452. The number of benzene rings is 1. The van der Waals surface area contributed by atoms with E-state index in [0.29, 0.717) is 34.6 Å². The normalized spacial score (nSPS) is 15.1. The molecule has 0 radical (unpaired) electrons. The van der Waals surface area contributed by atoms with Crippen LogP contribution in [0.25, 0.3) is 22.3 Å². The van der Waals surface area contributed by atoms with Crippen molar-refractivity contribution in [2.24, 2.45) is 11.5 Å². The number of aliphatic hydroxyl groups excluding tert-OH is 1. The van der Waals surface area contributed by atoms with Crippen LogP contribution in [0.15, 0.2) is 16.9 Å². The molecule has 44 heavy (non-hydrogen) atoms. The van der Waals surface area contributed by atoms with Gasteiger partial charge in [-0.1, -0.05) is 27.7 Å². The van der Waals surface area contributed by atoms with Gasteiger partial charge in [-0.25, -0.2) is 14.2 Å². The lowest BCUT2D eigenvalue weighted by Crippen LogP contribution is -2.33. The van der Waals surface area contributed by atoms with Crippen LogP contribution in [-0.4, -0.2) is 52.3 Å². The van der Waals surface area contributed by atoms with Crippen molar-refractivity contribution in [3.05, 3.63) is 61.7 Å². The second-order valence-electron chi connectivity index (χ2n) is 9.76. The molecule has 1 aromatic carbocycles. The summed E-state index contributed by atoms with van der Waals surface area (Å²) in [7, 11) is 0. The smallest absolute Gasteiger partial charge is 0.340 e. The number of aryl methyl sites for hydroxylation is 2. The molecule has 3 aliphatic rings. The van der Waals surface area contributed by atoms with Crippen molar-refractivity contribution in [3.63, 3.8) is 0 Å². The van der Waals surface area contributed by atoms with Crippen molar-refractivity contribution in [3.8, 4) is 11.4 Å². The second kappa shape index (κ2) is 15.0. The van der Waals surface area contributed by atoms with Gasteiger partial charge < -0.3 is 35.9 Å². The molecule has 12 nitrogen and oxygen atoms in total. The Morgan fingerprint density at radius 3 is 2.48 bits per heavy atom. The van der Waals surface area contributed by atoms with Gasteiger partial charge in [-0.2, -0.15) is 0 Å². The van der Waals surface area contributed by atoms with Crippen LogP contribution < -0.4 is 22.3 Å². The summed E-state index contributed by atoms with van der Waals surface area (Å²) in [4.78, 5) is 50.1. The predicted octanol–water partition coefficient (Wildman–Crippen LogP) is 2.02. The molecular formula is C31H40FN5O7. The van der Waals surface area contributed by atoms with Crippen LogP contribution in [0, 0.1) is 12.7 Å². The van der Waals surface area contributed by atoms with Crippen LogP contribution in [0.1, 0.15) is 73.6 Å². The lowest BCUT2D eigenvalue weighted by molar-refractivity contribution is -0.157. The van der Waals surface area contributed by atoms with Crippen LogP contribution in [-0.2, 0) is 49.9 Å². The minimum atomic E-state index is -1.48. The average molecular weight is 614 g/mol. The zero-order valence-corrected chi connectivity index (χ0v) is 25.7. The van der Waals surface area contributed by atoms with Gasteiger partial charge in [0, 0.05) is 22.6 Å². The predicted molar refractivity (Wildman–Crippen MR) is 162 cm³/mol. The number of nitrogens with one attached hydrogen (secondary N) is 1. The number of nitrogens with zero attached hydrogens (tertiary/aromatic N) is 2. The van der Waals surface area contributed by atoms with Gasteiger partial charge in [0.1, 0.15) is 25.8 Å². The summed E-state index contributed by atoms with van der Waals surface area (Å²) in [6, 6.07) is 3.13. The average Bonchev–Trinajstić information content (AvgIpc) is 3.41. The zero-order chi connectivity index (χ0) is 32.7. The van der Waals surface area contributed by atoms with E-state index >= 15 is 0 Å². The summed E-state index contributed by atoms with van der Waals surface area (Å²) < 4.78 is 25.7. The molecule has 0 saturated carbocycles. The third-order valence-electron chi connectivity index (χ3n) is 7.34. The molecule has 0 bridgehead atoms. The van der Waals surface area contributed by atoms with E-state index < -0.39 is 18.0 Å². The number of pyridine rings is 2. The maximum Gasteiger partial charge on any atom is 0.340 e. The van der Waals surface area contributed by atoms with E-state index in [2.05, 4.69) is 10.1 Å². The summed E-state index contributed by atoms with van der Waals surface area (Å²) in [5.41, 5.74) is 15.6. The van der Waals surface area contributed by atoms with E-state index in [1.807, 2.05) is 27.7 Å². The summed E-state index contributed by atoms with van der Waals surface area (Å²) in [5, 5.41) is 13.5. The molecule has 1 unspecified atom stereocenters. The molecule has 238 valence electrons. The number of rotatable bonds is 5. The zero-order valence-electron chi connectivity index (χ0n) is 25.7. The van der Waals surface area contributed by atoms with Crippen LogP contribution in [0.3, 0.4) is 0 Å². The number of hydrogen-bond donors (Lipinski definition) is 4. The number of carbonyl (C=O) groups is 3. The third-order valence-corrected chi connectivity index (χ3v) is 7.34. The standard InChI is InChI=1S/C22H17FN2O4.C5H11N3O3.2C2H6/c1-9-10-3-2-4-11-13-7-25-17(19(13)24-16(18(10)11)6-15(9)23)5-12-14(21(25)27)8-29-22(28)20(12)26;6-1-5(10)8-3-11-2-4(7)9;2*1-2/h5-6,20,26H,2-4,7-8H2,1H3;1-3,6H2,(H2,7,9)(H,8,10);2*1-2H3. The minimum Gasteiger partial charge on any atom is -0.458 e. The highest BCUT2D eigenvalue weighted by Gasteiger charge is 2.35. The number of hydrogen-bond acceptors (Lipinski definition) is 9. The van der Waals surface area contributed by atoms with E-state index in [1.165, 1.54) is 6.07 Å². The number of halogens is 1. The number of ether oxygens (including phenoxy) is 2. The summed E-state index contributed by atoms with van der Waals surface area (Å²) in [6.45, 7) is 9.70. The lowest BCUT2D eigenvalue weighted by atomic mass is 9.85. The van der Waals surface area contributed by atoms with Crippen molar-refractivity contribution in [2.75, 3.05) is 19.9 Å². The van der Waals surface area contributed by atoms with Gasteiger partial charge >= 0.3 is 5.97 Å². The molecule has 2 aromatic heterocycles. The van der Waals surface area contributed by atoms with E-state index in [9.17, 15) is 28.7 Å². The van der Waals surface area contributed by atoms with E-state index in [0.717, 1.165) is 41.3 Å². The number of aromatic nitrogens is 2. The number of fused-ring (bicyclic) bond motifs is 5. The van der Waals surface area contributed by atoms with Gasteiger partial charge in [-0.3, -0.25) is 14.4 Å². The first kappa shape index (κ1) is 34.3. The fourth-order valence-corrected chi connectivity index (χ4v) is 5.42. The minimum absolute atomic E-state index is 0.0427. The quantitative estimate of drug-likeness (QED) is 0.148. The van der Waals surface area contributed by atoms with Gasteiger partial charge in [0.15, 0.2) is 6.10 Å². The van der Waals surface area contributed by atoms with Crippen molar-refractivity contribution >= 4 is 28.7 Å². The topological polar surface area (TPSA) is 189 Å². The van der Waals surface area contributed by atoms with Crippen LogP contribution in [0.5, 0.6) is 0 Å². The van der Waals surface area contributed by atoms with Crippen LogP contribution in [0.2, 0.25) is 0 Å². The Kier molecular flexibility index (Phi) is 11.7. The number of carbonyl (C=O) groups excluding carboxylic acids is 3. The first-order valence-corrected chi connectivity index (χ1v) is 14.7. The highest BCUT2D eigenvalue weighted by Crippen LogP contribution is 2.41. The molecule has 1 aliphatic carbocycles.